The third-order valence-corrected chi connectivity index (χ3v) is 3.01. The summed E-state index contributed by atoms with van der Waals surface area (Å²) in [4.78, 5) is 0. The van der Waals surface area contributed by atoms with E-state index < -0.39 is 0 Å². The molecule has 1 aliphatic carbocycles. The number of nitrogens with one attached hydrogen (secondary N) is 1. The predicted molar refractivity (Wildman–Crippen MR) is 63.3 cm³/mol. The molecule has 0 saturated carbocycles. The molecule has 2 heteroatoms. The number of fused-ring (bicyclic) bond motifs is 1. The maximum atomic E-state index is 8.66. The molecule has 2 nitrogen and oxygen atoms in total. The Morgan fingerprint density at radius 2 is 2.00 bits per heavy atom. The van der Waals surface area contributed by atoms with Crippen LogP contribution in [0.1, 0.15) is 30.4 Å². The van der Waals surface area contributed by atoms with Gasteiger partial charge < -0.3 is 10.4 Å². The Labute approximate surface area is 91.3 Å². The van der Waals surface area contributed by atoms with E-state index in [4.69, 9.17) is 5.11 Å². The topological polar surface area (TPSA) is 32.3 Å². The molecule has 0 saturated heterocycles. The summed E-state index contributed by atoms with van der Waals surface area (Å²) in [6.07, 6.45) is 5.72. The summed E-state index contributed by atoms with van der Waals surface area (Å²) < 4.78 is 0. The molecular formula is C13H19NO. The van der Waals surface area contributed by atoms with Gasteiger partial charge in [-0.05, 0) is 55.4 Å². The Hall–Kier alpha value is -1.02. The van der Waals surface area contributed by atoms with Crippen LogP contribution >= 0.6 is 0 Å². The minimum absolute atomic E-state index is 0.297. The molecule has 15 heavy (non-hydrogen) atoms. The molecule has 82 valence electrons. The average molecular weight is 205 g/mol. The van der Waals surface area contributed by atoms with E-state index in [9.17, 15) is 0 Å². The highest BCUT2D eigenvalue weighted by Crippen LogP contribution is 2.24. The SMILES string of the molecule is OCCCCNc1ccc2c(c1)CCC2. The lowest BCUT2D eigenvalue weighted by Crippen LogP contribution is -2.02. The molecular weight excluding hydrogens is 186 g/mol. The van der Waals surface area contributed by atoms with Gasteiger partial charge in [0.05, 0.1) is 0 Å². The number of anilines is 1. The van der Waals surface area contributed by atoms with E-state index in [-0.39, 0.29) is 0 Å². The summed E-state index contributed by atoms with van der Waals surface area (Å²) in [6.45, 7) is 1.26. The zero-order valence-electron chi connectivity index (χ0n) is 9.13. The maximum Gasteiger partial charge on any atom is 0.0431 e. The summed E-state index contributed by atoms with van der Waals surface area (Å²) >= 11 is 0. The van der Waals surface area contributed by atoms with Crippen molar-refractivity contribution in [2.24, 2.45) is 0 Å². The first-order chi connectivity index (χ1) is 7.40. The zero-order chi connectivity index (χ0) is 10.5. The molecule has 0 bridgehead atoms. The van der Waals surface area contributed by atoms with E-state index in [0.717, 1.165) is 19.4 Å². The lowest BCUT2D eigenvalue weighted by atomic mass is 10.1. The summed E-state index contributed by atoms with van der Waals surface area (Å²) in [6, 6.07) is 6.70. The van der Waals surface area contributed by atoms with Gasteiger partial charge in [-0.15, -0.1) is 0 Å². The largest absolute Gasteiger partial charge is 0.396 e. The molecule has 0 aliphatic heterocycles. The van der Waals surface area contributed by atoms with Crippen LogP contribution in [0.4, 0.5) is 5.69 Å². The predicted octanol–water partition coefficient (Wildman–Crippen LogP) is 2.36. The molecule has 1 aromatic carbocycles. The van der Waals surface area contributed by atoms with Crippen molar-refractivity contribution in [1.82, 2.24) is 0 Å². The molecule has 0 heterocycles. The van der Waals surface area contributed by atoms with Crippen LogP contribution in [-0.2, 0) is 12.8 Å². The monoisotopic (exact) mass is 205 g/mol. The fourth-order valence-corrected chi connectivity index (χ4v) is 2.15. The number of aryl methyl sites for hydroxylation is 2. The van der Waals surface area contributed by atoms with Crippen LogP contribution in [0.25, 0.3) is 0 Å². The average Bonchev–Trinajstić information content (AvgIpc) is 2.71. The molecule has 0 atom stereocenters. The quantitative estimate of drug-likeness (QED) is 0.723. The molecule has 0 fully saturated rings. The Morgan fingerprint density at radius 1 is 1.13 bits per heavy atom. The molecule has 0 amide bonds. The molecule has 0 radical (unpaired) electrons. The van der Waals surface area contributed by atoms with Crippen molar-refractivity contribution in [2.45, 2.75) is 32.1 Å². The van der Waals surface area contributed by atoms with Crippen molar-refractivity contribution >= 4 is 5.69 Å². The van der Waals surface area contributed by atoms with Gasteiger partial charge in [0.15, 0.2) is 0 Å². The first-order valence-corrected chi connectivity index (χ1v) is 5.86. The number of hydrogen-bond donors (Lipinski definition) is 2. The van der Waals surface area contributed by atoms with Crippen molar-refractivity contribution in [3.63, 3.8) is 0 Å². The first kappa shape index (κ1) is 10.5. The van der Waals surface area contributed by atoms with Crippen LogP contribution in [-0.4, -0.2) is 18.3 Å². The smallest absolute Gasteiger partial charge is 0.0431 e. The standard InChI is InChI=1S/C13H19NO/c15-9-2-1-8-14-13-7-6-11-4-3-5-12(11)10-13/h6-7,10,14-15H,1-5,8-9H2. The van der Waals surface area contributed by atoms with Gasteiger partial charge in [0.2, 0.25) is 0 Å². The number of benzene rings is 1. The Kier molecular flexibility index (Phi) is 3.62. The molecule has 0 unspecified atom stereocenters. The van der Waals surface area contributed by atoms with Crippen LogP contribution < -0.4 is 5.32 Å². The normalized spacial score (nSPS) is 13.9. The fraction of sp³-hybridized carbons (Fsp3) is 0.538. The van der Waals surface area contributed by atoms with E-state index in [2.05, 4.69) is 23.5 Å². The molecule has 2 N–H and O–H groups in total. The molecule has 1 aliphatic rings. The second kappa shape index (κ2) is 5.17. The van der Waals surface area contributed by atoms with E-state index in [1.807, 2.05) is 0 Å². The van der Waals surface area contributed by atoms with E-state index in [1.54, 1.807) is 0 Å². The van der Waals surface area contributed by atoms with Crippen molar-refractivity contribution in [2.75, 3.05) is 18.5 Å². The highest BCUT2D eigenvalue weighted by molar-refractivity contribution is 5.50. The number of hydrogen-bond acceptors (Lipinski definition) is 2. The summed E-state index contributed by atoms with van der Waals surface area (Å²) in [7, 11) is 0. The lowest BCUT2D eigenvalue weighted by molar-refractivity contribution is 0.286. The van der Waals surface area contributed by atoms with Gasteiger partial charge in [-0.1, -0.05) is 6.07 Å². The molecule has 0 aromatic heterocycles. The van der Waals surface area contributed by atoms with Crippen molar-refractivity contribution in [3.05, 3.63) is 29.3 Å². The van der Waals surface area contributed by atoms with Crippen molar-refractivity contribution in [3.8, 4) is 0 Å². The second-order valence-electron chi connectivity index (χ2n) is 4.19. The van der Waals surface area contributed by atoms with Crippen molar-refractivity contribution in [1.29, 1.82) is 0 Å². The maximum absolute atomic E-state index is 8.66. The van der Waals surface area contributed by atoms with Crippen molar-refractivity contribution < 1.29 is 5.11 Å². The van der Waals surface area contributed by atoms with Gasteiger partial charge >= 0.3 is 0 Å². The fourth-order valence-electron chi connectivity index (χ4n) is 2.15. The lowest BCUT2D eigenvalue weighted by Gasteiger charge is -2.07. The number of aliphatic hydroxyl groups excluding tert-OH is 1. The Morgan fingerprint density at radius 3 is 2.87 bits per heavy atom. The number of rotatable bonds is 5. The van der Waals surface area contributed by atoms with Gasteiger partial charge in [-0.25, -0.2) is 0 Å². The van der Waals surface area contributed by atoms with Gasteiger partial charge in [-0.2, -0.15) is 0 Å². The van der Waals surface area contributed by atoms with Crippen LogP contribution in [0.15, 0.2) is 18.2 Å². The van der Waals surface area contributed by atoms with Crippen LogP contribution in [0, 0.1) is 0 Å². The molecule has 0 spiro atoms. The highest BCUT2D eigenvalue weighted by Gasteiger charge is 2.10. The third-order valence-electron chi connectivity index (χ3n) is 3.01. The zero-order valence-corrected chi connectivity index (χ0v) is 9.13. The minimum atomic E-state index is 0.297. The number of aliphatic hydroxyl groups is 1. The highest BCUT2D eigenvalue weighted by atomic mass is 16.2. The summed E-state index contributed by atoms with van der Waals surface area (Å²) in [5.41, 5.74) is 4.27. The van der Waals surface area contributed by atoms with Crippen LogP contribution in [0.3, 0.4) is 0 Å². The van der Waals surface area contributed by atoms with Gasteiger partial charge in [0.1, 0.15) is 0 Å². The summed E-state index contributed by atoms with van der Waals surface area (Å²) in [5, 5.41) is 12.1. The first-order valence-electron chi connectivity index (χ1n) is 5.86. The minimum Gasteiger partial charge on any atom is -0.396 e. The van der Waals surface area contributed by atoms with Gasteiger partial charge in [-0.3, -0.25) is 0 Å². The molecule has 2 rings (SSSR count). The third kappa shape index (κ3) is 2.72. The summed E-state index contributed by atoms with van der Waals surface area (Å²) in [5.74, 6) is 0. The van der Waals surface area contributed by atoms with Gasteiger partial charge in [0.25, 0.3) is 0 Å². The Balaban J connectivity index is 1.87. The van der Waals surface area contributed by atoms with Gasteiger partial charge in [0, 0.05) is 18.8 Å². The van der Waals surface area contributed by atoms with E-state index in [0.29, 0.717) is 6.61 Å². The number of unbranched alkanes of at least 4 members (excludes halogenated alkanes) is 1. The molecule has 1 aromatic rings. The Bertz CT molecular complexity index is 322. The van der Waals surface area contributed by atoms with E-state index in [1.165, 1.54) is 36.1 Å². The van der Waals surface area contributed by atoms with Crippen LogP contribution in [0.5, 0.6) is 0 Å². The van der Waals surface area contributed by atoms with E-state index >= 15 is 0 Å². The van der Waals surface area contributed by atoms with Crippen LogP contribution in [0.2, 0.25) is 0 Å². The second-order valence-corrected chi connectivity index (χ2v) is 4.19.